The fourth-order valence-corrected chi connectivity index (χ4v) is 3.95. The van der Waals surface area contributed by atoms with Crippen molar-refractivity contribution in [2.75, 3.05) is 6.54 Å². The fourth-order valence-electron chi connectivity index (χ4n) is 3.95. The molecule has 108 valence electrons. The van der Waals surface area contributed by atoms with Crippen LogP contribution in [0.2, 0.25) is 0 Å². The maximum Gasteiger partial charge on any atom is 0.0489 e. The number of hydrogen-bond donors (Lipinski definition) is 2. The van der Waals surface area contributed by atoms with Crippen LogP contribution >= 0.6 is 0 Å². The number of para-hydroxylation sites is 1. The molecule has 1 saturated carbocycles. The average molecular weight is 270 g/mol. The highest BCUT2D eigenvalue weighted by Crippen LogP contribution is 2.38. The van der Waals surface area contributed by atoms with Crippen molar-refractivity contribution in [3.8, 4) is 0 Å². The van der Waals surface area contributed by atoms with E-state index in [1.165, 1.54) is 54.1 Å². The third kappa shape index (κ3) is 2.37. The lowest BCUT2D eigenvalue weighted by molar-refractivity contribution is 0.308. The molecule has 1 aromatic carbocycles. The molecule has 0 saturated heterocycles. The van der Waals surface area contributed by atoms with Crippen LogP contribution in [0.5, 0.6) is 0 Å². The summed E-state index contributed by atoms with van der Waals surface area (Å²) in [6.07, 6.45) is 10.2. The highest BCUT2D eigenvalue weighted by atomic mass is 14.7. The van der Waals surface area contributed by atoms with Crippen molar-refractivity contribution in [2.24, 2.45) is 11.7 Å². The van der Waals surface area contributed by atoms with Gasteiger partial charge in [-0.25, -0.2) is 0 Å². The van der Waals surface area contributed by atoms with Crippen molar-refractivity contribution in [3.63, 3.8) is 0 Å². The number of aryl methyl sites for hydroxylation is 1. The first kappa shape index (κ1) is 13.7. The summed E-state index contributed by atoms with van der Waals surface area (Å²) in [5.41, 5.74) is 10.3. The molecule has 1 aliphatic rings. The summed E-state index contributed by atoms with van der Waals surface area (Å²) in [6.45, 7) is 2.99. The smallest absolute Gasteiger partial charge is 0.0489 e. The predicted octanol–water partition coefficient (Wildman–Crippen LogP) is 4.35. The minimum Gasteiger partial charge on any atom is -0.361 e. The number of rotatable bonds is 4. The molecule has 0 aliphatic heterocycles. The molecule has 2 nitrogen and oxygen atoms in total. The molecular formula is C18H26N2. The molecular weight excluding hydrogens is 244 g/mol. The van der Waals surface area contributed by atoms with E-state index in [4.69, 9.17) is 5.73 Å². The maximum atomic E-state index is 6.14. The summed E-state index contributed by atoms with van der Waals surface area (Å²) in [4.78, 5) is 3.51. The molecule has 2 heteroatoms. The molecule has 1 atom stereocenters. The molecule has 1 fully saturated rings. The van der Waals surface area contributed by atoms with Gasteiger partial charge in [-0.2, -0.15) is 0 Å². The van der Waals surface area contributed by atoms with Crippen molar-refractivity contribution in [2.45, 2.75) is 51.4 Å². The van der Waals surface area contributed by atoms with E-state index in [2.05, 4.69) is 36.3 Å². The minimum absolute atomic E-state index is 0.524. The fraction of sp³-hybridized carbons (Fsp3) is 0.556. The summed E-state index contributed by atoms with van der Waals surface area (Å²) in [6, 6.07) is 6.67. The zero-order chi connectivity index (χ0) is 13.9. The van der Waals surface area contributed by atoms with Crippen LogP contribution in [0.15, 0.2) is 24.4 Å². The predicted molar refractivity (Wildman–Crippen MR) is 86.0 cm³/mol. The molecule has 3 N–H and O–H groups in total. The van der Waals surface area contributed by atoms with Crippen molar-refractivity contribution >= 4 is 10.9 Å². The molecule has 0 radical (unpaired) electrons. The van der Waals surface area contributed by atoms with Gasteiger partial charge in [0.2, 0.25) is 0 Å². The Morgan fingerprint density at radius 2 is 2.05 bits per heavy atom. The maximum absolute atomic E-state index is 6.14. The van der Waals surface area contributed by atoms with Crippen LogP contribution in [0.3, 0.4) is 0 Å². The van der Waals surface area contributed by atoms with Crippen LogP contribution in [0.4, 0.5) is 0 Å². The Hall–Kier alpha value is -1.28. The Balaban J connectivity index is 1.99. The standard InChI is InChI=1S/C18H26N2/c1-2-13-9-6-10-15-17(12-20-18(13)15)16(11-19)14-7-4-3-5-8-14/h6,9-10,12,14,16,20H,2-5,7-8,11,19H2,1H3. The van der Waals surface area contributed by atoms with Gasteiger partial charge in [-0.1, -0.05) is 44.4 Å². The van der Waals surface area contributed by atoms with Crippen LogP contribution in [0, 0.1) is 5.92 Å². The van der Waals surface area contributed by atoms with E-state index >= 15 is 0 Å². The number of aromatic nitrogens is 1. The van der Waals surface area contributed by atoms with Gasteiger partial charge in [0, 0.05) is 23.0 Å². The summed E-state index contributed by atoms with van der Waals surface area (Å²) < 4.78 is 0. The van der Waals surface area contributed by atoms with Gasteiger partial charge in [-0.15, -0.1) is 0 Å². The van der Waals surface area contributed by atoms with E-state index in [9.17, 15) is 0 Å². The first-order valence-electron chi connectivity index (χ1n) is 8.14. The lowest BCUT2D eigenvalue weighted by Gasteiger charge is -2.29. The van der Waals surface area contributed by atoms with Crippen LogP contribution in [-0.4, -0.2) is 11.5 Å². The summed E-state index contributed by atoms with van der Waals surface area (Å²) in [7, 11) is 0. The number of hydrogen-bond acceptors (Lipinski definition) is 1. The number of nitrogens with one attached hydrogen (secondary N) is 1. The van der Waals surface area contributed by atoms with E-state index in [1.807, 2.05) is 0 Å². The van der Waals surface area contributed by atoms with E-state index in [-0.39, 0.29) is 0 Å². The Labute approximate surface area is 121 Å². The SMILES string of the molecule is CCc1cccc2c(C(CN)C3CCCCC3)c[nH]c12. The molecule has 1 aliphatic carbocycles. The second-order valence-corrected chi connectivity index (χ2v) is 6.18. The van der Waals surface area contributed by atoms with E-state index in [1.54, 1.807) is 0 Å². The third-order valence-corrected chi connectivity index (χ3v) is 5.09. The highest BCUT2D eigenvalue weighted by molar-refractivity contribution is 5.86. The molecule has 3 rings (SSSR count). The first-order chi connectivity index (χ1) is 9.85. The minimum atomic E-state index is 0.524. The Kier molecular flexibility index (Phi) is 4.11. The van der Waals surface area contributed by atoms with Gasteiger partial charge < -0.3 is 10.7 Å². The number of benzene rings is 1. The summed E-state index contributed by atoms with van der Waals surface area (Å²) in [5, 5.41) is 1.39. The van der Waals surface area contributed by atoms with E-state index in [0.717, 1.165) is 18.9 Å². The highest BCUT2D eigenvalue weighted by Gasteiger charge is 2.26. The number of aromatic amines is 1. The lowest BCUT2D eigenvalue weighted by atomic mass is 9.77. The molecule has 1 aromatic heterocycles. The van der Waals surface area contributed by atoms with Crippen molar-refractivity contribution < 1.29 is 0 Å². The van der Waals surface area contributed by atoms with Gasteiger partial charge in [0.05, 0.1) is 0 Å². The Morgan fingerprint density at radius 3 is 2.75 bits per heavy atom. The zero-order valence-corrected chi connectivity index (χ0v) is 12.5. The summed E-state index contributed by atoms with van der Waals surface area (Å²) in [5.74, 6) is 1.30. The van der Waals surface area contributed by atoms with Crippen LogP contribution in [0.25, 0.3) is 10.9 Å². The molecule has 0 bridgehead atoms. The summed E-state index contributed by atoms with van der Waals surface area (Å²) >= 11 is 0. The van der Waals surface area contributed by atoms with Gasteiger partial charge in [0.15, 0.2) is 0 Å². The number of H-pyrrole nitrogens is 1. The van der Waals surface area contributed by atoms with E-state index < -0.39 is 0 Å². The van der Waals surface area contributed by atoms with Gasteiger partial charge in [-0.3, -0.25) is 0 Å². The Bertz CT molecular complexity index is 564. The largest absolute Gasteiger partial charge is 0.361 e. The second kappa shape index (κ2) is 6.01. The van der Waals surface area contributed by atoms with Gasteiger partial charge in [0.1, 0.15) is 0 Å². The first-order valence-corrected chi connectivity index (χ1v) is 8.14. The van der Waals surface area contributed by atoms with Crippen LogP contribution in [-0.2, 0) is 6.42 Å². The van der Waals surface area contributed by atoms with Crippen LogP contribution in [0.1, 0.15) is 56.1 Å². The second-order valence-electron chi connectivity index (χ2n) is 6.18. The van der Waals surface area contributed by atoms with Crippen molar-refractivity contribution in [1.82, 2.24) is 4.98 Å². The normalized spacial score (nSPS) is 18.5. The molecule has 1 heterocycles. The molecule has 2 aromatic rings. The van der Waals surface area contributed by atoms with Gasteiger partial charge >= 0.3 is 0 Å². The molecule has 20 heavy (non-hydrogen) atoms. The number of fused-ring (bicyclic) bond motifs is 1. The van der Waals surface area contributed by atoms with Gasteiger partial charge in [0.25, 0.3) is 0 Å². The van der Waals surface area contributed by atoms with Gasteiger partial charge in [-0.05, 0) is 42.9 Å². The molecule has 0 amide bonds. The van der Waals surface area contributed by atoms with Crippen LogP contribution < -0.4 is 5.73 Å². The average Bonchev–Trinajstić information content (AvgIpc) is 2.93. The van der Waals surface area contributed by atoms with E-state index in [0.29, 0.717) is 5.92 Å². The third-order valence-electron chi connectivity index (χ3n) is 5.09. The monoisotopic (exact) mass is 270 g/mol. The lowest BCUT2D eigenvalue weighted by Crippen LogP contribution is -2.23. The quantitative estimate of drug-likeness (QED) is 0.852. The Morgan fingerprint density at radius 1 is 1.25 bits per heavy atom. The molecule has 1 unspecified atom stereocenters. The van der Waals surface area contributed by atoms with Crippen molar-refractivity contribution in [1.29, 1.82) is 0 Å². The number of nitrogens with two attached hydrogens (primary N) is 1. The zero-order valence-electron chi connectivity index (χ0n) is 12.5. The van der Waals surface area contributed by atoms with Crippen molar-refractivity contribution in [3.05, 3.63) is 35.5 Å². The molecule has 0 spiro atoms. The topological polar surface area (TPSA) is 41.8 Å².